The minimum atomic E-state index is -1.91. The van der Waals surface area contributed by atoms with E-state index in [2.05, 4.69) is 10.3 Å². The van der Waals surface area contributed by atoms with Gasteiger partial charge in [-0.3, -0.25) is 19.7 Å². The number of nitro benzene ring substituents is 1. The van der Waals surface area contributed by atoms with Crippen LogP contribution in [0.25, 0.3) is 0 Å². The normalized spacial score (nSPS) is 35.8. The highest BCUT2D eigenvalue weighted by molar-refractivity contribution is 6.00. The first-order chi connectivity index (χ1) is 30.2. The van der Waals surface area contributed by atoms with Crippen LogP contribution in [-0.4, -0.2) is 138 Å². The summed E-state index contributed by atoms with van der Waals surface area (Å²) >= 11 is 0. The number of rotatable bonds is 13. The third kappa shape index (κ3) is 12.1. The number of likely N-dealkylation sites (N-methyl/N-ethyl adjacent to an activating group) is 1. The topological polar surface area (TPSA) is 230 Å². The van der Waals surface area contributed by atoms with E-state index in [1.807, 2.05) is 38.9 Å². The molecule has 0 amide bonds. The second-order valence-corrected chi connectivity index (χ2v) is 18.9. The summed E-state index contributed by atoms with van der Waals surface area (Å²) < 4.78 is 27.0. The fourth-order valence-corrected chi connectivity index (χ4v) is 9.74. The lowest BCUT2D eigenvalue weighted by atomic mass is 9.74. The van der Waals surface area contributed by atoms with Gasteiger partial charge in [-0.05, 0) is 85.3 Å². The van der Waals surface area contributed by atoms with Crippen molar-refractivity contribution in [1.82, 2.24) is 19.9 Å². The number of ether oxygens (including phenoxy) is 4. The zero-order valence-electron chi connectivity index (χ0n) is 39.3. The van der Waals surface area contributed by atoms with Crippen molar-refractivity contribution in [2.45, 2.75) is 180 Å². The van der Waals surface area contributed by atoms with Crippen LogP contribution in [-0.2, 0) is 46.3 Å². The summed E-state index contributed by atoms with van der Waals surface area (Å²) in [6.07, 6.45) is 1.59. The summed E-state index contributed by atoms with van der Waals surface area (Å²) in [5, 5.41) is 60.1. The maximum absolute atomic E-state index is 14.4. The highest BCUT2D eigenvalue weighted by Crippen LogP contribution is 2.39. The Morgan fingerprint density at radius 2 is 1.72 bits per heavy atom. The number of ketones is 1. The molecule has 18 nitrogen and oxygen atoms in total. The van der Waals surface area contributed by atoms with Gasteiger partial charge in [0.25, 0.3) is 5.69 Å². The molecular weight excluding hydrogens is 829 g/mol. The molecule has 0 unspecified atom stereocenters. The molecule has 13 atom stereocenters. The Balaban J connectivity index is 1.40. The minimum absolute atomic E-state index is 0.0132. The van der Waals surface area contributed by atoms with Crippen LogP contribution in [0.5, 0.6) is 0 Å². The van der Waals surface area contributed by atoms with E-state index >= 15 is 0 Å². The van der Waals surface area contributed by atoms with Gasteiger partial charge in [0.15, 0.2) is 12.1 Å². The van der Waals surface area contributed by atoms with Gasteiger partial charge in [-0.15, -0.1) is 5.10 Å². The van der Waals surface area contributed by atoms with E-state index in [9.17, 15) is 35.0 Å². The third-order valence-electron chi connectivity index (χ3n) is 13.9. The van der Waals surface area contributed by atoms with Crippen molar-refractivity contribution in [3.8, 4) is 0 Å². The SMILES string of the molecule is CC[C@H]1OC(=O)[C@H](C)C(=O)[C@H](C)[C@@H](O[C@@H]2O[C@H](C)C[C@H](N(C)CCc3cn(Cc4ccc([N+](=O)[O-])cc4)nn3)[C@H]2O)[C@](C)(OC)C[C@@H](C)/C(=N\OC2CCCCC2)[C@H](C)[C@@H](O)[C@]1(C)O. The summed E-state index contributed by atoms with van der Waals surface area (Å²) in [6.45, 7) is 14.6. The van der Waals surface area contributed by atoms with Crippen molar-refractivity contribution in [3.63, 3.8) is 0 Å². The summed E-state index contributed by atoms with van der Waals surface area (Å²) in [5.74, 6) is -4.81. The van der Waals surface area contributed by atoms with Crippen LogP contribution in [0.1, 0.15) is 118 Å². The molecule has 5 rings (SSSR count). The number of oxime groups is 1. The molecule has 18 heteroatoms. The van der Waals surface area contributed by atoms with Crippen LogP contribution in [0.3, 0.4) is 0 Å². The van der Waals surface area contributed by atoms with Gasteiger partial charge >= 0.3 is 5.97 Å². The maximum Gasteiger partial charge on any atom is 0.316 e. The number of carbonyl (C=O) groups is 2. The number of hydrogen-bond donors (Lipinski definition) is 3. The first-order valence-corrected chi connectivity index (χ1v) is 23.0. The van der Waals surface area contributed by atoms with Crippen LogP contribution >= 0.6 is 0 Å². The molecule has 3 fully saturated rings. The largest absolute Gasteiger partial charge is 0.459 e. The molecule has 0 radical (unpaired) electrons. The molecule has 2 aromatic rings. The van der Waals surface area contributed by atoms with E-state index in [4.69, 9.17) is 28.9 Å². The van der Waals surface area contributed by atoms with Crippen LogP contribution in [0, 0.1) is 33.8 Å². The lowest BCUT2D eigenvalue weighted by Gasteiger charge is -2.47. The van der Waals surface area contributed by atoms with Gasteiger partial charge < -0.3 is 44.0 Å². The second kappa shape index (κ2) is 22.1. The number of cyclic esters (lactones) is 1. The highest BCUT2D eigenvalue weighted by atomic mass is 16.7. The first-order valence-electron chi connectivity index (χ1n) is 23.0. The molecule has 0 bridgehead atoms. The maximum atomic E-state index is 14.4. The summed E-state index contributed by atoms with van der Waals surface area (Å²) in [7, 11) is 3.42. The predicted molar refractivity (Wildman–Crippen MR) is 236 cm³/mol. The number of Topliss-reactive ketones (excluding diaryl/α,β-unsaturated/α-hetero) is 1. The van der Waals surface area contributed by atoms with Gasteiger partial charge in [-0.1, -0.05) is 56.6 Å². The molecule has 358 valence electrons. The number of aliphatic hydroxyl groups excluding tert-OH is 2. The lowest BCUT2D eigenvalue weighted by molar-refractivity contribution is -0.384. The summed E-state index contributed by atoms with van der Waals surface area (Å²) in [6, 6.07) is 5.85. The van der Waals surface area contributed by atoms with E-state index in [1.54, 1.807) is 37.6 Å². The molecule has 2 saturated heterocycles. The number of esters is 1. The first kappa shape index (κ1) is 51.1. The zero-order valence-corrected chi connectivity index (χ0v) is 39.3. The lowest BCUT2D eigenvalue weighted by Crippen LogP contribution is -2.60. The number of carbonyl (C=O) groups excluding carboxylic acids is 2. The van der Waals surface area contributed by atoms with Gasteiger partial charge in [-0.25, -0.2) is 4.68 Å². The van der Waals surface area contributed by atoms with Crippen molar-refractivity contribution in [2.75, 3.05) is 20.7 Å². The smallest absolute Gasteiger partial charge is 0.316 e. The van der Waals surface area contributed by atoms with E-state index < -0.39 is 88.3 Å². The number of non-ortho nitro benzene ring substituents is 1. The molecule has 3 N–H and O–H groups in total. The van der Waals surface area contributed by atoms with E-state index in [-0.39, 0.29) is 30.7 Å². The molecule has 3 heterocycles. The van der Waals surface area contributed by atoms with E-state index in [0.717, 1.165) is 43.4 Å². The number of aliphatic hydroxyl groups is 3. The van der Waals surface area contributed by atoms with Gasteiger partial charge in [0, 0.05) is 62.2 Å². The van der Waals surface area contributed by atoms with Crippen LogP contribution in [0.4, 0.5) is 5.69 Å². The fourth-order valence-electron chi connectivity index (χ4n) is 9.74. The van der Waals surface area contributed by atoms with Crippen LogP contribution < -0.4 is 0 Å². The Morgan fingerprint density at radius 1 is 1.05 bits per heavy atom. The molecule has 1 aromatic heterocycles. The van der Waals surface area contributed by atoms with E-state index in [0.29, 0.717) is 31.6 Å². The monoisotopic (exact) mass is 901 g/mol. The Morgan fingerprint density at radius 3 is 2.34 bits per heavy atom. The molecule has 1 aromatic carbocycles. The number of benzene rings is 1. The van der Waals surface area contributed by atoms with Gasteiger partial charge in [0.2, 0.25) is 0 Å². The third-order valence-corrected chi connectivity index (χ3v) is 13.9. The zero-order chi connectivity index (χ0) is 47.1. The molecule has 64 heavy (non-hydrogen) atoms. The predicted octanol–water partition coefficient (Wildman–Crippen LogP) is 5.02. The van der Waals surface area contributed by atoms with Crippen LogP contribution in [0.2, 0.25) is 0 Å². The molecule has 2 aliphatic heterocycles. The minimum Gasteiger partial charge on any atom is -0.459 e. The molecule has 1 saturated carbocycles. The second-order valence-electron chi connectivity index (χ2n) is 18.9. The molecule has 1 aliphatic carbocycles. The Kier molecular flexibility index (Phi) is 17.6. The van der Waals surface area contributed by atoms with Crippen molar-refractivity contribution < 1.29 is 53.6 Å². The van der Waals surface area contributed by atoms with Crippen molar-refractivity contribution in [1.29, 1.82) is 0 Å². The average molecular weight is 901 g/mol. The number of nitrogens with zero attached hydrogens (tertiary/aromatic N) is 6. The number of methoxy groups -OCH3 is 1. The quantitative estimate of drug-likeness (QED) is 0.104. The summed E-state index contributed by atoms with van der Waals surface area (Å²) in [5.41, 5.74) is -1.12. The van der Waals surface area contributed by atoms with Crippen molar-refractivity contribution in [3.05, 3.63) is 51.8 Å². The molecule has 3 aliphatic rings. The Labute approximate surface area is 377 Å². The fraction of sp³-hybridized carbons (Fsp3) is 0.761. The number of nitro groups is 1. The van der Waals surface area contributed by atoms with E-state index in [1.165, 1.54) is 33.1 Å². The Bertz CT molecular complexity index is 1890. The Hall–Kier alpha value is -3.91. The van der Waals surface area contributed by atoms with Crippen molar-refractivity contribution in [2.24, 2.45) is 28.8 Å². The average Bonchev–Trinajstić information content (AvgIpc) is 3.73. The molecular formula is C46H72N6O12. The number of aromatic nitrogens is 3. The van der Waals surface area contributed by atoms with Gasteiger partial charge in [-0.2, -0.15) is 0 Å². The highest BCUT2D eigenvalue weighted by Gasteiger charge is 2.52. The standard InChI is InChI=1S/C46H72N6O12/c1-11-37-46(8,57)41(55)29(4)38(48-64-35-15-13-12-14-16-35)27(2)24-45(7,60-10)42(30(5)39(53)31(6)43(56)62-37)63-44-40(54)36(23-28(3)61-44)50(9)22-21-33-26-51(49-47-33)25-32-17-19-34(20-18-32)52(58)59/h17-20,26-31,35-37,40-42,44,54-55,57H,11-16,21-25H2,1-10H3/b48-38+/t27-,28-,29+,30+,31-,36+,37-,40-,41-,42-,44+,45-,46-/m1/s1. The van der Waals surface area contributed by atoms with Gasteiger partial charge in [0.05, 0.1) is 46.8 Å². The van der Waals surface area contributed by atoms with Gasteiger partial charge in [0.1, 0.15) is 29.8 Å². The number of hydrogen-bond acceptors (Lipinski definition) is 16. The van der Waals surface area contributed by atoms with Crippen LogP contribution in [0.15, 0.2) is 35.6 Å². The molecule has 0 spiro atoms. The summed E-state index contributed by atoms with van der Waals surface area (Å²) in [4.78, 5) is 47.0. The van der Waals surface area contributed by atoms with Crippen molar-refractivity contribution >= 4 is 23.2 Å².